The Bertz CT molecular complexity index is 1070. The Morgan fingerprint density at radius 2 is 1.65 bits per heavy atom. The number of carbonyl (C=O) groups is 1. The first-order valence-corrected chi connectivity index (χ1v) is 9.95. The maximum absolute atomic E-state index is 12.6. The van der Waals surface area contributed by atoms with Crippen LogP contribution in [0.25, 0.3) is 0 Å². The number of hydrogen-bond acceptors (Lipinski definition) is 5. The van der Waals surface area contributed by atoms with Crippen molar-refractivity contribution in [2.45, 2.75) is 23.8 Å². The fourth-order valence-corrected chi connectivity index (χ4v) is 3.68. The predicted octanol–water partition coefficient (Wildman–Crippen LogP) is 4.71. The van der Waals surface area contributed by atoms with Crippen LogP contribution < -0.4 is 4.74 Å². The Morgan fingerprint density at radius 1 is 0.962 bits per heavy atom. The second-order valence-electron chi connectivity index (χ2n) is 5.71. The number of carbonyl (C=O) groups excluding carboxylic acids is 1. The zero-order valence-corrected chi connectivity index (χ0v) is 16.4. The highest BCUT2D eigenvalue weighted by atomic mass is 79.9. The van der Waals surface area contributed by atoms with Gasteiger partial charge in [-0.2, -0.15) is 0 Å². The minimum atomic E-state index is -3.85. The van der Waals surface area contributed by atoms with Gasteiger partial charge in [-0.05, 0) is 73.5 Å². The number of ether oxygens (including phenoxy) is 1. The van der Waals surface area contributed by atoms with Gasteiger partial charge in [0.15, 0.2) is 0 Å². The second-order valence-corrected chi connectivity index (χ2v) is 8.51. The molecule has 0 saturated heterocycles. The molecule has 1 heterocycles. The second kappa shape index (κ2) is 7.09. The molecule has 0 unspecified atom stereocenters. The van der Waals surface area contributed by atoms with Crippen molar-refractivity contribution in [3.05, 3.63) is 76.0 Å². The summed E-state index contributed by atoms with van der Waals surface area (Å²) in [5.74, 6) is -0.573. The minimum absolute atomic E-state index is 0.0733. The monoisotopic (exact) mass is 434 g/mol. The normalized spacial score (nSPS) is 11.3. The SMILES string of the molecule is Cc1ccc(OC(=O)c2ccc(S(=O)(=O)c3ccc(Br)cc3)o2)cc1C. The van der Waals surface area contributed by atoms with E-state index in [4.69, 9.17) is 9.15 Å². The number of esters is 1. The number of furan rings is 1. The summed E-state index contributed by atoms with van der Waals surface area (Å²) in [5, 5.41) is -0.313. The van der Waals surface area contributed by atoms with Crippen molar-refractivity contribution in [1.82, 2.24) is 0 Å². The van der Waals surface area contributed by atoms with Gasteiger partial charge in [0, 0.05) is 4.47 Å². The van der Waals surface area contributed by atoms with E-state index in [0.717, 1.165) is 15.6 Å². The number of rotatable bonds is 4. The predicted molar refractivity (Wildman–Crippen MR) is 99.2 cm³/mol. The molecule has 1 aromatic heterocycles. The molecule has 0 aliphatic heterocycles. The Kier molecular flexibility index (Phi) is 5.02. The number of aryl methyl sites for hydroxylation is 2. The lowest BCUT2D eigenvalue weighted by atomic mass is 10.1. The van der Waals surface area contributed by atoms with Crippen molar-refractivity contribution in [2.24, 2.45) is 0 Å². The zero-order chi connectivity index (χ0) is 18.9. The molecule has 134 valence electrons. The summed E-state index contributed by atoms with van der Waals surface area (Å²) in [6.07, 6.45) is 0. The van der Waals surface area contributed by atoms with Crippen molar-refractivity contribution in [2.75, 3.05) is 0 Å². The summed E-state index contributed by atoms with van der Waals surface area (Å²) in [5.41, 5.74) is 2.05. The van der Waals surface area contributed by atoms with Crippen LogP contribution in [0.3, 0.4) is 0 Å². The molecule has 0 amide bonds. The van der Waals surface area contributed by atoms with E-state index in [9.17, 15) is 13.2 Å². The molecule has 0 bridgehead atoms. The fourth-order valence-electron chi connectivity index (χ4n) is 2.24. The van der Waals surface area contributed by atoms with E-state index in [0.29, 0.717) is 5.75 Å². The Morgan fingerprint density at radius 3 is 2.31 bits per heavy atom. The third kappa shape index (κ3) is 3.73. The number of hydrogen-bond donors (Lipinski definition) is 0. The van der Waals surface area contributed by atoms with E-state index in [1.807, 2.05) is 19.9 Å². The molecular weight excluding hydrogens is 420 g/mol. The largest absolute Gasteiger partial charge is 0.437 e. The molecule has 2 aromatic carbocycles. The molecule has 3 aromatic rings. The summed E-state index contributed by atoms with van der Waals surface area (Å²) in [6, 6.07) is 13.9. The van der Waals surface area contributed by atoms with Gasteiger partial charge >= 0.3 is 5.97 Å². The molecule has 7 heteroatoms. The first kappa shape index (κ1) is 18.4. The van der Waals surface area contributed by atoms with Crippen LogP contribution in [-0.4, -0.2) is 14.4 Å². The van der Waals surface area contributed by atoms with Crippen molar-refractivity contribution in [3.8, 4) is 5.75 Å². The van der Waals surface area contributed by atoms with E-state index in [1.54, 1.807) is 24.3 Å². The summed E-state index contributed by atoms with van der Waals surface area (Å²) in [6.45, 7) is 3.86. The molecule has 5 nitrogen and oxygen atoms in total. The van der Waals surface area contributed by atoms with E-state index < -0.39 is 15.8 Å². The maximum Gasteiger partial charge on any atom is 0.379 e. The first-order chi connectivity index (χ1) is 12.3. The van der Waals surface area contributed by atoms with Crippen molar-refractivity contribution in [1.29, 1.82) is 0 Å². The van der Waals surface area contributed by atoms with Gasteiger partial charge in [-0.15, -0.1) is 0 Å². The van der Waals surface area contributed by atoms with Crippen LogP contribution in [0.15, 0.2) is 73.5 Å². The van der Waals surface area contributed by atoms with Gasteiger partial charge in [-0.1, -0.05) is 22.0 Å². The third-order valence-electron chi connectivity index (χ3n) is 3.86. The van der Waals surface area contributed by atoms with Gasteiger partial charge in [-0.3, -0.25) is 0 Å². The summed E-state index contributed by atoms with van der Waals surface area (Å²) in [7, 11) is -3.85. The van der Waals surface area contributed by atoms with Crippen LogP contribution in [0.5, 0.6) is 5.75 Å². The summed E-state index contributed by atoms with van der Waals surface area (Å²) >= 11 is 3.25. The standard InChI is InChI=1S/C19H15BrO5S/c1-12-3-6-15(11-13(12)2)24-19(21)17-9-10-18(25-17)26(22,23)16-7-4-14(20)5-8-16/h3-11H,1-2H3. The topological polar surface area (TPSA) is 73.6 Å². The van der Waals surface area contributed by atoms with Gasteiger partial charge in [0.1, 0.15) is 5.75 Å². The molecule has 0 aliphatic carbocycles. The Labute approximate surface area is 159 Å². The summed E-state index contributed by atoms with van der Waals surface area (Å²) < 4.78 is 36.4. The van der Waals surface area contributed by atoms with Crippen LogP contribution in [0, 0.1) is 13.8 Å². The first-order valence-electron chi connectivity index (χ1n) is 7.67. The smallest absolute Gasteiger partial charge is 0.379 e. The molecular formula is C19H15BrO5S. The molecule has 0 N–H and O–H groups in total. The fraction of sp³-hybridized carbons (Fsp3) is 0.105. The lowest BCUT2D eigenvalue weighted by Gasteiger charge is -2.05. The molecule has 0 radical (unpaired) electrons. The van der Waals surface area contributed by atoms with Crippen molar-refractivity contribution in [3.63, 3.8) is 0 Å². The van der Waals surface area contributed by atoms with Crippen LogP contribution in [0.1, 0.15) is 21.7 Å². The van der Waals surface area contributed by atoms with Crippen LogP contribution in [0.4, 0.5) is 0 Å². The average molecular weight is 435 g/mol. The highest BCUT2D eigenvalue weighted by molar-refractivity contribution is 9.10. The highest BCUT2D eigenvalue weighted by Gasteiger charge is 2.24. The van der Waals surface area contributed by atoms with Crippen molar-refractivity contribution >= 4 is 31.7 Å². The molecule has 0 spiro atoms. The lowest BCUT2D eigenvalue weighted by Crippen LogP contribution is -2.07. The number of halogens is 1. The minimum Gasteiger partial charge on any atom is -0.437 e. The maximum atomic E-state index is 12.6. The van der Waals surface area contributed by atoms with Crippen molar-refractivity contribution < 1.29 is 22.4 Å². The van der Waals surface area contributed by atoms with Gasteiger partial charge in [0.05, 0.1) is 4.90 Å². The Balaban J connectivity index is 1.83. The van der Waals surface area contributed by atoms with Gasteiger partial charge < -0.3 is 9.15 Å². The van der Waals surface area contributed by atoms with E-state index in [2.05, 4.69) is 15.9 Å². The van der Waals surface area contributed by atoms with E-state index in [-0.39, 0.29) is 15.7 Å². The van der Waals surface area contributed by atoms with Crippen LogP contribution >= 0.6 is 15.9 Å². The molecule has 0 aliphatic rings. The van der Waals surface area contributed by atoms with E-state index in [1.165, 1.54) is 24.3 Å². The average Bonchev–Trinajstić information content (AvgIpc) is 3.10. The molecule has 0 saturated carbocycles. The van der Waals surface area contributed by atoms with Crippen LogP contribution in [0.2, 0.25) is 0 Å². The van der Waals surface area contributed by atoms with Gasteiger partial charge in [0.2, 0.25) is 20.7 Å². The van der Waals surface area contributed by atoms with Crippen LogP contribution in [-0.2, 0) is 9.84 Å². The molecule has 0 atom stereocenters. The zero-order valence-electron chi connectivity index (χ0n) is 14.0. The van der Waals surface area contributed by atoms with E-state index >= 15 is 0 Å². The quantitative estimate of drug-likeness (QED) is 0.438. The third-order valence-corrected chi connectivity index (χ3v) is 6.03. The number of sulfone groups is 1. The highest BCUT2D eigenvalue weighted by Crippen LogP contribution is 2.25. The molecule has 0 fully saturated rings. The van der Waals surface area contributed by atoms with Gasteiger partial charge in [0.25, 0.3) is 0 Å². The number of benzene rings is 2. The molecule has 26 heavy (non-hydrogen) atoms. The lowest BCUT2D eigenvalue weighted by molar-refractivity contribution is 0.0695. The van der Waals surface area contributed by atoms with Gasteiger partial charge in [-0.25, -0.2) is 13.2 Å². The molecule has 3 rings (SSSR count). The Hall–Kier alpha value is -2.38. The summed E-state index contributed by atoms with van der Waals surface area (Å²) in [4.78, 5) is 12.3.